The maximum atomic E-state index is 14.5. The molecule has 58 heavy (non-hydrogen) atoms. The van der Waals surface area contributed by atoms with E-state index in [1.807, 2.05) is 84.9 Å². The lowest BCUT2D eigenvalue weighted by molar-refractivity contribution is -0.116. The highest BCUT2D eigenvalue weighted by atomic mass is 16.6. The third-order valence-corrected chi connectivity index (χ3v) is 9.67. The number of amides is 6. The monoisotopic (exact) mass is 783 g/mol. The van der Waals surface area contributed by atoms with Crippen molar-refractivity contribution in [3.63, 3.8) is 0 Å². The lowest BCUT2D eigenvalue weighted by Crippen LogP contribution is -2.52. The Kier molecular flexibility index (Phi) is 13.3. The average Bonchev–Trinajstić information content (AvgIpc) is 3.24. The number of carbonyl (C=O) groups excluding carboxylic acids is 4. The number of likely N-dealkylation sites (tertiary alicyclic amines) is 1. The zero-order chi connectivity index (χ0) is 41.0. The van der Waals surface area contributed by atoms with Crippen LogP contribution in [-0.2, 0) is 9.53 Å². The van der Waals surface area contributed by atoms with Crippen molar-refractivity contribution in [2.45, 2.75) is 18.9 Å². The molecule has 1 heterocycles. The van der Waals surface area contributed by atoms with Gasteiger partial charge in [0.05, 0.1) is 11.4 Å². The minimum Gasteiger partial charge on any atom is -0.463 e. The van der Waals surface area contributed by atoms with Gasteiger partial charge in [-0.2, -0.15) is 10.0 Å². The molecule has 5 aromatic carbocycles. The lowest BCUT2D eigenvalue weighted by atomic mass is 10.0. The third kappa shape index (κ3) is 10.2. The summed E-state index contributed by atoms with van der Waals surface area (Å²) in [5.41, 5.74) is 9.39. The molecule has 1 aliphatic rings. The van der Waals surface area contributed by atoms with Crippen molar-refractivity contribution >= 4 is 47.1 Å². The number of likely N-dealkylation sites (N-methyl/N-ethyl adjacent to an activating group) is 1. The zero-order valence-corrected chi connectivity index (χ0v) is 32.0. The summed E-state index contributed by atoms with van der Waals surface area (Å²) in [7, 11) is 1.41. The summed E-state index contributed by atoms with van der Waals surface area (Å²) < 4.78 is 6.15. The first-order valence-corrected chi connectivity index (χ1v) is 18.8. The number of carbonyl (C=O) groups is 5. The molecular formula is C44H45N7O7. The summed E-state index contributed by atoms with van der Waals surface area (Å²) in [4.78, 5) is 67.5. The summed E-state index contributed by atoms with van der Waals surface area (Å²) in [5, 5.41) is 18.5. The molecule has 14 nitrogen and oxygen atoms in total. The maximum absolute atomic E-state index is 14.5. The Labute approximate surface area is 336 Å². The zero-order valence-electron chi connectivity index (χ0n) is 32.0. The van der Waals surface area contributed by atoms with Crippen molar-refractivity contribution in [2.24, 2.45) is 5.73 Å². The van der Waals surface area contributed by atoms with Crippen LogP contribution in [0.3, 0.4) is 0 Å². The summed E-state index contributed by atoms with van der Waals surface area (Å²) >= 11 is 0. The molecule has 1 saturated heterocycles. The van der Waals surface area contributed by atoms with Crippen molar-refractivity contribution < 1.29 is 33.8 Å². The molecule has 0 aliphatic carbocycles. The summed E-state index contributed by atoms with van der Waals surface area (Å²) in [6, 6.07) is 38.7. The van der Waals surface area contributed by atoms with Gasteiger partial charge < -0.3 is 36.0 Å². The molecule has 1 aliphatic heterocycles. The third-order valence-electron chi connectivity index (χ3n) is 9.67. The van der Waals surface area contributed by atoms with Gasteiger partial charge in [-0.15, -0.1) is 0 Å². The van der Waals surface area contributed by atoms with E-state index in [0.717, 1.165) is 26.0 Å². The highest BCUT2D eigenvalue weighted by molar-refractivity contribution is 6.06. The van der Waals surface area contributed by atoms with Gasteiger partial charge in [-0.25, -0.2) is 14.4 Å². The number of hydrazine groups is 1. The molecular weight excluding hydrogens is 739 g/mol. The van der Waals surface area contributed by atoms with Gasteiger partial charge in [-0.1, -0.05) is 103 Å². The molecule has 5 aromatic rings. The van der Waals surface area contributed by atoms with E-state index < -0.39 is 30.2 Å². The van der Waals surface area contributed by atoms with Crippen molar-refractivity contribution in [3.8, 4) is 22.3 Å². The van der Waals surface area contributed by atoms with Crippen LogP contribution in [0.2, 0.25) is 0 Å². The minimum absolute atomic E-state index is 0.230. The molecule has 0 spiro atoms. The number of hydrogen-bond donors (Lipinski definition) is 4. The van der Waals surface area contributed by atoms with E-state index in [0.29, 0.717) is 67.1 Å². The van der Waals surface area contributed by atoms with E-state index in [2.05, 4.69) is 15.5 Å². The second-order valence-corrected chi connectivity index (χ2v) is 13.7. The van der Waals surface area contributed by atoms with Crippen molar-refractivity contribution in [1.29, 1.82) is 0 Å². The van der Waals surface area contributed by atoms with Gasteiger partial charge in [0.15, 0.2) is 0 Å². The number of para-hydroxylation sites is 2. The maximum Gasteiger partial charge on any atom is 0.434 e. The van der Waals surface area contributed by atoms with Gasteiger partial charge in [0.2, 0.25) is 5.91 Å². The van der Waals surface area contributed by atoms with E-state index in [-0.39, 0.29) is 18.1 Å². The number of primary amides is 1. The van der Waals surface area contributed by atoms with E-state index in [1.54, 1.807) is 48.5 Å². The van der Waals surface area contributed by atoms with E-state index in [9.17, 15) is 29.1 Å². The number of piperidine rings is 1. The quantitative estimate of drug-likeness (QED) is 0.0987. The largest absolute Gasteiger partial charge is 0.463 e. The van der Waals surface area contributed by atoms with Crippen LogP contribution in [0.5, 0.6) is 0 Å². The first-order valence-electron chi connectivity index (χ1n) is 18.8. The Balaban J connectivity index is 1.13. The molecule has 1 fully saturated rings. The Morgan fingerprint density at radius 3 is 1.86 bits per heavy atom. The Morgan fingerprint density at radius 1 is 0.741 bits per heavy atom. The molecule has 6 amide bonds. The summed E-state index contributed by atoms with van der Waals surface area (Å²) in [5.74, 6) is -0.771. The molecule has 0 radical (unpaired) electrons. The van der Waals surface area contributed by atoms with Gasteiger partial charge in [0, 0.05) is 55.6 Å². The minimum atomic E-state index is -1.37. The number of carboxylic acid groups (broad SMARTS) is 1. The number of ether oxygens (including phenoxy) is 1. The highest BCUT2D eigenvalue weighted by Gasteiger charge is 2.35. The fraction of sp³-hybridized carbons (Fsp3) is 0.205. The van der Waals surface area contributed by atoms with Gasteiger partial charge in [0.1, 0.15) is 12.6 Å². The number of hydrogen-bond acceptors (Lipinski definition) is 7. The fourth-order valence-electron chi connectivity index (χ4n) is 6.73. The SMILES string of the molecule is CN(CC(=O)Nc1cccc(C(=O)NCCN2CCC(OC(=O)N(c3ccccc3-c3ccccc3)N(C(=O)O)c3ccccc3-c3ccccc3)CC2)c1)C(N)=O. The predicted octanol–water partition coefficient (Wildman–Crippen LogP) is 6.91. The van der Waals surface area contributed by atoms with Crippen LogP contribution < -0.4 is 26.4 Å². The standard InChI is InChI=1S/C44H45N7O7/c1-48(42(45)54)30-40(52)47-34-18-12-17-33(29-34)41(53)46-25-28-49-26-23-35(24-27-49)58-44(57)51(39-22-11-9-20-37(39)32-15-6-3-7-16-32)50(43(55)56)38-21-10-8-19-36(38)31-13-4-2-5-14-31/h2-22,29,35H,23-28,30H2,1H3,(H2,45,54)(H,46,53)(H,47,52)(H,55,56). The molecule has 298 valence electrons. The van der Waals surface area contributed by atoms with E-state index in [1.165, 1.54) is 7.05 Å². The second-order valence-electron chi connectivity index (χ2n) is 13.7. The Hall–Kier alpha value is -7.19. The fourth-order valence-corrected chi connectivity index (χ4v) is 6.73. The molecule has 6 rings (SSSR count). The number of rotatable bonds is 12. The van der Waals surface area contributed by atoms with Crippen LogP contribution in [0.4, 0.5) is 31.4 Å². The van der Waals surface area contributed by atoms with Crippen molar-refractivity contribution in [1.82, 2.24) is 15.1 Å². The number of anilines is 3. The normalized spacial score (nSPS) is 12.8. The van der Waals surface area contributed by atoms with Crippen LogP contribution in [0, 0.1) is 0 Å². The van der Waals surface area contributed by atoms with Gasteiger partial charge in [-0.05, 0) is 54.3 Å². The first kappa shape index (κ1) is 40.5. The Bertz CT molecular complexity index is 2230. The molecule has 0 aromatic heterocycles. The lowest BCUT2D eigenvalue weighted by Gasteiger charge is -2.36. The predicted molar refractivity (Wildman–Crippen MR) is 222 cm³/mol. The van der Waals surface area contributed by atoms with Crippen molar-refractivity contribution in [2.75, 3.05) is 55.1 Å². The van der Waals surface area contributed by atoms with Crippen LogP contribution in [0.1, 0.15) is 23.2 Å². The van der Waals surface area contributed by atoms with Crippen LogP contribution >= 0.6 is 0 Å². The van der Waals surface area contributed by atoms with Crippen LogP contribution in [-0.4, -0.2) is 90.8 Å². The molecule has 0 unspecified atom stereocenters. The van der Waals surface area contributed by atoms with Gasteiger partial charge in [-0.3, -0.25) is 9.59 Å². The molecule has 0 atom stereocenters. The molecule has 14 heteroatoms. The summed E-state index contributed by atoms with van der Waals surface area (Å²) in [6.45, 7) is 1.82. The summed E-state index contributed by atoms with van der Waals surface area (Å²) in [6.07, 6.45) is -1.71. The molecule has 0 bridgehead atoms. The van der Waals surface area contributed by atoms with Gasteiger partial charge in [0.25, 0.3) is 5.91 Å². The average molecular weight is 784 g/mol. The number of urea groups is 1. The van der Waals surface area contributed by atoms with E-state index in [4.69, 9.17) is 10.5 Å². The first-order chi connectivity index (χ1) is 28.1. The highest BCUT2D eigenvalue weighted by Crippen LogP contribution is 2.38. The second kappa shape index (κ2) is 19.1. The number of nitrogens with one attached hydrogen (secondary N) is 2. The number of benzene rings is 5. The van der Waals surface area contributed by atoms with Crippen LogP contribution in [0.15, 0.2) is 133 Å². The van der Waals surface area contributed by atoms with Crippen molar-refractivity contribution in [3.05, 3.63) is 139 Å². The number of nitrogens with zero attached hydrogens (tertiary/aromatic N) is 4. The number of nitrogens with two attached hydrogens (primary N) is 1. The smallest absolute Gasteiger partial charge is 0.434 e. The van der Waals surface area contributed by atoms with Gasteiger partial charge >= 0.3 is 18.2 Å². The van der Waals surface area contributed by atoms with Crippen LogP contribution in [0.25, 0.3) is 22.3 Å². The Morgan fingerprint density at radius 2 is 1.29 bits per heavy atom. The molecule has 0 saturated carbocycles. The topological polar surface area (TPSA) is 178 Å². The van der Waals surface area contributed by atoms with E-state index >= 15 is 0 Å². The molecule has 5 N–H and O–H groups in total.